The molecule has 0 saturated heterocycles. The molecule has 7 heteroatoms. The molecular formula is C32H34N4O3. The van der Waals surface area contributed by atoms with Gasteiger partial charge in [0.25, 0.3) is 5.91 Å². The van der Waals surface area contributed by atoms with Gasteiger partial charge in [-0.15, -0.1) is 0 Å². The molecule has 1 amide bonds. The van der Waals surface area contributed by atoms with Gasteiger partial charge in [-0.2, -0.15) is 5.10 Å². The van der Waals surface area contributed by atoms with Gasteiger partial charge >= 0.3 is 0 Å². The van der Waals surface area contributed by atoms with Crippen LogP contribution in [0.5, 0.6) is 11.5 Å². The molecule has 39 heavy (non-hydrogen) atoms. The Kier molecular flexibility index (Phi) is 9.67. The predicted molar refractivity (Wildman–Crippen MR) is 157 cm³/mol. The second-order valence-electron chi connectivity index (χ2n) is 9.11. The molecule has 1 heterocycles. The highest BCUT2D eigenvalue weighted by Gasteiger charge is 2.15. The number of nitrogens with one attached hydrogen (secondary N) is 1. The van der Waals surface area contributed by atoms with Gasteiger partial charge in [-0.3, -0.25) is 9.78 Å². The number of carbonyl (C=O) groups excluding carboxylic acids is 1. The van der Waals surface area contributed by atoms with E-state index in [0.29, 0.717) is 34.5 Å². The monoisotopic (exact) mass is 522 g/mol. The lowest BCUT2D eigenvalue weighted by atomic mass is 9.99. The number of hydrogen-bond acceptors (Lipinski definition) is 6. The summed E-state index contributed by atoms with van der Waals surface area (Å²) in [7, 11) is 0. The maximum absolute atomic E-state index is 13.0. The zero-order valence-electron chi connectivity index (χ0n) is 22.2. The second-order valence-corrected chi connectivity index (χ2v) is 9.11. The molecule has 1 aromatic heterocycles. The van der Waals surface area contributed by atoms with Crippen LogP contribution in [0.2, 0.25) is 0 Å². The quantitative estimate of drug-likeness (QED) is 0.0901. The van der Waals surface area contributed by atoms with Crippen LogP contribution in [0.15, 0.2) is 96.9 Å². The SMILES string of the molecule is C=CN(COc1ccc(C(=O)NCCCc2ccccc2)cc1-c1cc(O)c2ncccc2c1)/N=C\CCC. The van der Waals surface area contributed by atoms with Crippen LogP contribution in [-0.4, -0.2) is 40.5 Å². The smallest absolute Gasteiger partial charge is 0.251 e. The molecule has 0 aliphatic heterocycles. The Balaban J connectivity index is 1.56. The van der Waals surface area contributed by atoms with Gasteiger partial charge in [-0.05, 0) is 66.8 Å². The van der Waals surface area contributed by atoms with Crippen LogP contribution >= 0.6 is 0 Å². The van der Waals surface area contributed by atoms with Crippen molar-refractivity contribution >= 4 is 23.0 Å². The van der Waals surface area contributed by atoms with Gasteiger partial charge in [-0.1, -0.05) is 56.3 Å². The summed E-state index contributed by atoms with van der Waals surface area (Å²) in [4.78, 5) is 17.3. The largest absolute Gasteiger partial charge is 0.506 e. The first kappa shape index (κ1) is 27.4. The zero-order chi connectivity index (χ0) is 27.5. The van der Waals surface area contributed by atoms with E-state index in [4.69, 9.17) is 4.74 Å². The normalized spacial score (nSPS) is 11.0. The van der Waals surface area contributed by atoms with Gasteiger partial charge in [0.15, 0.2) is 6.73 Å². The number of aromatic nitrogens is 1. The molecule has 4 rings (SSSR count). The van der Waals surface area contributed by atoms with E-state index in [9.17, 15) is 9.90 Å². The first-order valence-electron chi connectivity index (χ1n) is 13.2. The van der Waals surface area contributed by atoms with E-state index in [-0.39, 0.29) is 18.4 Å². The van der Waals surface area contributed by atoms with Crippen LogP contribution in [0.4, 0.5) is 0 Å². The van der Waals surface area contributed by atoms with Crippen molar-refractivity contribution in [2.24, 2.45) is 5.10 Å². The molecule has 0 aliphatic carbocycles. The molecule has 3 aromatic carbocycles. The number of carbonyl (C=O) groups is 1. The van der Waals surface area contributed by atoms with Crippen molar-refractivity contribution in [2.45, 2.75) is 32.6 Å². The highest BCUT2D eigenvalue weighted by molar-refractivity contribution is 5.97. The molecule has 0 fully saturated rings. The molecular weight excluding hydrogens is 488 g/mol. The molecule has 7 nitrogen and oxygen atoms in total. The number of phenolic OH excluding ortho intramolecular Hbond substituents is 1. The average molecular weight is 523 g/mol. The number of pyridine rings is 1. The van der Waals surface area contributed by atoms with Crippen LogP contribution in [0, 0.1) is 0 Å². The third kappa shape index (κ3) is 7.45. The molecule has 0 saturated carbocycles. The maximum atomic E-state index is 13.0. The number of aromatic hydroxyl groups is 1. The molecule has 0 atom stereocenters. The minimum Gasteiger partial charge on any atom is -0.506 e. The number of ether oxygens (including phenoxy) is 1. The molecule has 0 spiro atoms. The molecule has 200 valence electrons. The van der Waals surface area contributed by atoms with E-state index in [1.165, 1.54) is 5.56 Å². The van der Waals surface area contributed by atoms with Crippen LogP contribution in [0.1, 0.15) is 42.1 Å². The van der Waals surface area contributed by atoms with Crippen molar-refractivity contribution in [1.29, 1.82) is 0 Å². The van der Waals surface area contributed by atoms with Gasteiger partial charge < -0.3 is 15.2 Å². The van der Waals surface area contributed by atoms with Crippen LogP contribution in [0.25, 0.3) is 22.0 Å². The molecule has 4 aromatic rings. The van der Waals surface area contributed by atoms with Gasteiger partial charge in [0.1, 0.15) is 17.0 Å². The van der Waals surface area contributed by atoms with Gasteiger partial charge in [0, 0.05) is 41.7 Å². The second kappa shape index (κ2) is 13.8. The maximum Gasteiger partial charge on any atom is 0.251 e. The highest BCUT2D eigenvalue weighted by Crippen LogP contribution is 2.36. The number of aryl methyl sites for hydroxylation is 1. The number of unbranched alkanes of at least 4 members (excludes halogenated alkanes) is 1. The van der Waals surface area contributed by atoms with E-state index in [1.807, 2.05) is 42.6 Å². The lowest BCUT2D eigenvalue weighted by Gasteiger charge is -2.18. The molecule has 2 N–H and O–H groups in total. The number of hydrogen-bond donors (Lipinski definition) is 2. The Morgan fingerprint density at radius 2 is 1.97 bits per heavy atom. The lowest BCUT2D eigenvalue weighted by molar-refractivity contribution is 0.0953. The predicted octanol–water partition coefficient (Wildman–Crippen LogP) is 6.54. The highest BCUT2D eigenvalue weighted by atomic mass is 16.5. The Labute approximate surface area is 229 Å². The zero-order valence-corrected chi connectivity index (χ0v) is 22.2. The third-order valence-electron chi connectivity index (χ3n) is 6.22. The minimum atomic E-state index is -0.167. The van der Waals surface area contributed by atoms with Crippen molar-refractivity contribution in [3.05, 3.63) is 103 Å². The summed E-state index contributed by atoms with van der Waals surface area (Å²) in [5.41, 5.74) is 3.65. The van der Waals surface area contributed by atoms with Gasteiger partial charge in [0.05, 0.1) is 0 Å². The number of rotatable bonds is 13. The first-order chi connectivity index (χ1) is 19.1. The van der Waals surface area contributed by atoms with E-state index in [2.05, 4.69) is 41.0 Å². The first-order valence-corrected chi connectivity index (χ1v) is 13.2. The fourth-order valence-electron chi connectivity index (χ4n) is 4.15. The summed E-state index contributed by atoms with van der Waals surface area (Å²) in [6.45, 7) is 6.60. The average Bonchev–Trinajstić information content (AvgIpc) is 2.97. The summed E-state index contributed by atoms with van der Waals surface area (Å²) in [6.07, 6.45) is 8.64. The summed E-state index contributed by atoms with van der Waals surface area (Å²) in [6, 6.07) is 22.8. The summed E-state index contributed by atoms with van der Waals surface area (Å²) >= 11 is 0. The van der Waals surface area contributed by atoms with E-state index >= 15 is 0 Å². The van der Waals surface area contributed by atoms with Crippen LogP contribution in [-0.2, 0) is 6.42 Å². The molecule has 0 unspecified atom stereocenters. The Bertz CT molecular complexity index is 1440. The van der Waals surface area contributed by atoms with E-state index in [0.717, 1.165) is 31.1 Å². The minimum absolute atomic E-state index is 0.0571. The number of amides is 1. The molecule has 0 radical (unpaired) electrons. The number of benzene rings is 3. The standard InChI is InChI=1S/C32H34N4O3/c1-3-5-19-35-36(4-2)23-39-30-16-15-26(32(38)34-18-9-13-24-11-7-6-8-12-24)21-28(30)27-20-25-14-10-17-33-31(25)29(37)22-27/h4,6-8,10-12,14-17,19-22,37H,2-3,5,9,13,18,23H2,1H3,(H,34,38)/b35-19-. The lowest BCUT2D eigenvalue weighted by Crippen LogP contribution is -2.25. The van der Waals surface area contributed by atoms with E-state index in [1.54, 1.807) is 41.7 Å². The fraction of sp³-hybridized carbons (Fsp3) is 0.219. The van der Waals surface area contributed by atoms with Crippen LogP contribution in [0.3, 0.4) is 0 Å². The molecule has 0 bridgehead atoms. The van der Waals surface area contributed by atoms with Crippen molar-refractivity contribution in [3.63, 3.8) is 0 Å². The van der Waals surface area contributed by atoms with Crippen LogP contribution < -0.4 is 10.1 Å². The molecule has 0 aliphatic rings. The van der Waals surface area contributed by atoms with E-state index < -0.39 is 0 Å². The number of fused-ring (bicyclic) bond motifs is 1. The van der Waals surface area contributed by atoms with Crippen molar-refractivity contribution in [1.82, 2.24) is 15.3 Å². The van der Waals surface area contributed by atoms with Crippen molar-refractivity contribution < 1.29 is 14.6 Å². The third-order valence-corrected chi connectivity index (χ3v) is 6.22. The Hall–Kier alpha value is -4.65. The summed E-state index contributed by atoms with van der Waals surface area (Å²) in [5, 5.41) is 20.4. The summed E-state index contributed by atoms with van der Waals surface area (Å²) < 4.78 is 6.12. The fourth-order valence-corrected chi connectivity index (χ4v) is 4.15. The van der Waals surface area contributed by atoms with Gasteiger partial charge in [0.2, 0.25) is 0 Å². The number of hydrazone groups is 1. The number of nitrogens with zero attached hydrogens (tertiary/aromatic N) is 3. The van der Waals surface area contributed by atoms with Crippen molar-refractivity contribution in [3.8, 4) is 22.6 Å². The number of phenols is 1. The Morgan fingerprint density at radius 1 is 1.13 bits per heavy atom. The summed E-state index contributed by atoms with van der Waals surface area (Å²) in [5.74, 6) is 0.442. The topological polar surface area (TPSA) is 87.0 Å². The van der Waals surface area contributed by atoms with Gasteiger partial charge in [-0.25, -0.2) is 5.01 Å². The van der Waals surface area contributed by atoms with Crippen molar-refractivity contribution in [2.75, 3.05) is 13.3 Å². The Morgan fingerprint density at radius 3 is 2.77 bits per heavy atom.